The Bertz CT molecular complexity index is 776. The van der Waals surface area contributed by atoms with Crippen LogP contribution in [0.25, 0.3) is 0 Å². The van der Waals surface area contributed by atoms with Crippen LogP contribution in [-0.2, 0) is 5.41 Å². The monoisotopic (exact) mass is 319 g/mol. The number of rotatable bonds is 3. The molecule has 2 fully saturated rings. The zero-order chi connectivity index (χ0) is 16.9. The highest BCUT2D eigenvalue weighted by Crippen LogP contribution is 2.60. The molecule has 2 bridgehead atoms. The predicted octanol–water partition coefficient (Wildman–Crippen LogP) is 5.76. The summed E-state index contributed by atoms with van der Waals surface area (Å²) in [5.41, 5.74) is 8.76. The van der Waals surface area contributed by atoms with E-state index in [-0.39, 0.29) is 5.41 Å². The van der Waals surface area contributed by atoms with Gasteiger partial charge in [0.05, 0.1) is 0 Å². The Hall–Kier alpha value is -1.76. The molecule has 3 atom stereocenters. The van der Waals surface area contributed by atoms with Crippen molar-refractivity contribution in [2.45, 2.75) is 51.9 Å². The van der Waals surface area contributed by atoms with E-state index in [1.807, 2.05) is 7.05 Å². The molecular formula is C23H29N. The molecule has 0 spiro atoms. The molecule has 1 heteroatoms. The summed E-state index contributed by atoms with van der Waals surface area (Å²) in [6.45, 7) is 6.71. The van der Waals surface area contributed by atoms with Crippen molar-refractivity contribution in [2.75, 3.05) is 12.4 Å². The molecule has 1 nitrogen and oxygen atoms in total. The van der Waals surface area contributed by atoms with Crippen molar-refractivity contribution in [2.24, 2.45) is 11.8 Å². The minimum Gasteiger partial charge on any atom is -0.388 e. The largest absolute Gasteiger partial charge is 0.388 e. The molecule has 0 aromatic heterocycles. The van der Waals surface area contributed by atoms with Gasteiger partial charge in [-0.2, -0.15) is 0 Å². The maximum atomic E-state index is 3.32. The lowest BCUT2D eigenvalue weighted by Gasteiger charge is -2.40. The second-order valence-corrected chi connectivity index (χ2v) is 8.13. The fourth-order valence-corrected chi connectivity index (χ4v) is 5.44. The molecule has 2 aromatic rings. The summed E-state index contributed by atoms with van der Waals surface area (Å²) in [6, 6.07) is 14.3. The van der Waals surface area contributed by atoms with E-state index < -0.39 is 0 Å². The van der Waals surface area contributed by atoms with Crippen molar-refractivity contribution >= 4 is 5.69 Å². The van der Waals surface area contributed by atoms with E-state index in [1.54, 1.807) is 5.56 Å². The molecule has 2 aliphatic rings. The van der Waals surface area contributed by atoms with Gasteiger partial charge in [0, 0.05) is 18.2 Å². The number of nitrogens with one attached hydrogen (secondary N) is 1. The van der Waals surface area contributed by atoms with E-state index in [9.17, 15) is 0 Å². The van der Waals surface area contributed by atoms with Crippen molar-refractivity contribution in [1.29, 1.82) is 0 Å². The molecule has 0 radical (unpaired) electrons. The number of anilines is 1. The van der Waals surface area contributed by atoms with Crippen molar-refractivity contribution < 1.29 is 0 Å². The van der Waals surface area contributed by atoms with Gasteiger partial charge in [-0.05, 0) is 85.8 Å². The van der Waals surface area contributed by atoms with E-state index in [4.69, 9.17) is 0 Å². The van der Waals surface area contributed by atoms with Crippen LogP contribution in [-0.4, -0.2) is 7.05 Å². The predicted molar refractivity (Wildman–Crippen MR) is 103 cm³/mol. The molecule has 3 unspecified atom stereocenters. The van der Waals surface area contributed by atoms with Crippen LogP contribution in [0.3, 0.4) is 0 Å². The third kappa shape index (κ3) is 2.21. The first kappa shape index (κ1) is 15.7. The van der Waals surface area contributed by atoms with Gasteiger partial charge in [-0.25, -0.2) is 0 Å². The van der Waals surface area contributed by atoms with Crippen molar-refractivity contribution in [3.63, 3.8) is 0 Å². The lowest BCUT2D eigenvalue weighted by atomic mass is 9.64. The van der Waals surface area contributed by atoms with E-state index in [1.165, 1.54) is 53.6 Å². The highest BCUT2D eigenvalue weighted by atomic mass is 14.8. The number of fused-ring (bicyclic) bond motifs is 2. The fourth-order valence-electron chi connectivity index (χ4n) is 5.44. The topological polar surface area (TPSA) is 12.0 Å². The fraction of sp³-hybridized carbons (Fsp3) is 0.478. The molecule has 24 heavy (non-hydrogen) atoms. The van der Waals surface area contributed by atoms with Gasteiger partial charge in [0.1, 0.15) is 0 Å². The van der Waals surface area contributed by atoms with Crippen LogP contribution in [0.1, 0.15) is 53.5 Å². The summed E-state index contributed by atoms with van der Waals surface area (Å²) in [4.78, 5) is 0. The van der Waals surface area contributed by atoms with Crippen LogP contribution in [0.2, 0.25) is 0 Å². The molecule has 0 amide bonds. The van der Waals surface area contributed by atoms with Gasteiger partial charge in [0.25, 0.3) is 0 Å². The molecule has 2 saturated carbocycles. The Balaban J connectivity index is 1.89. The van der Waals surface area contributed by atoms with Crippen LogP contribution >= 0.6 is 0 Å². The maximum absolute atomic E-state index is 3.32. The summed E-state index contributed by atoms with van der Waals surface area (Å²) in [7, 11) is 2.01. The average molecular weight is 319 g/mol. The normalized spacial score (nSPS) is 28.3. The maximum Gasteiger partial charge on any atom is 0.0367 e. The van der Waals surface area contributed by atoms with Gasteiger partial charge in [-0.3, -0.25) is 0 Å². The Morgan fingerprint density at radius 3 is 2.12 bits per heavy atom. The molecule has 0 saturated heterocycles. The summed E-state index contributed by atoms with van der Waals surface area (Å²) < 4.78 is 0. The van der Waals surface area contributed by atoms with E-state index in [0.29, 0.717) is 0 Å². The lowest BCUT2D eigenvalue weighted by molar-refractivity contribution is 0.320. The zero-order valence-corrected chi connectivity index (χ0v) is 15.4. The molecule has 0 aliphatic heterocycles. The van der Waals surface area contributed by atoms with Crippen molar-refractivity contribution in [1.82, 2.24) is 0 Å². The van der Waals surface area contributed by atoms with Crippen LogP contribution in [0, 0.1) is 32.6 Å². The van der Waals surface area contributed by atoms with E-state index in [2.05, 4.69) is 62.5 Å². The number of hydrogen-bond acceptors (Lipinski definition) is 1. The first-order valence-electron chi connectivity index (χ1n) is 9.41. The Morgan fingerprint density at radius 2 is 1.58 bits per heavy atom. The zero-order valence-electron chi connectivity index (χ0n) is 15.4. The smallest absolute Gasteiger partial charge is 0.0367 e. The molecule has 0 heterocycles. The van der Waals surface area contributed by atoms with Gasteiger partial charge < -0.3 is 5.32 Å². The average Bonchev–Trinajstić information content (AvgIpc) is 3.19. The summed E-state index contributed by atoms with van der Waals surface area (Å²) in [6.07, 6.45) is 5.58. The van der Waals surface area contributed by atoms with Crippen molar-refractivity contribution in [3.05, 3.63) is 64.2 Å². The standard InChI is InChI=1S/C23H29N/c1-15-5-7-19(11-16(15)2)23(14-18-6-8-21(23)13-18)20-9-10-22(24-4)17(3)12-20/h5,7,9-12,18,21,24H,6,8,13-14H2,1-4H3. The minimum atomic E-state index is 0.235. The van der Waals surface area contributed by atoms with Gasteiger partial charge in [-0.1, -0.05) is 36.8 Å². The first-order valence-corrected chi connectivity index (χ1v) is 9.41. The Kier molecular flexibility index (Phi) is 3.71. The van der Waals surface area contributed by atoms with E-state index in [0.717, 1.165) is 11.8 Å². The van der Waals surface area contributed by atoms with Crippen molar-refractivity contribution in [3.8, 4) is 0 Å². The molecule has 1 N–H and O–H groups in total. The van der Waals surface area contributed by atoms with Crippen LogP contribution in [0.15, 0.2) is 36.4 Å². The summed E-state index contributed by atoms with van der Waals surface area (Å²) >= 11 is 0. The third-order valence-corrected chi connectivity index (χ3v) is 6.88. The first-order chi connectivity index (χ1) is 11.5. The highest BCUT2D eigenvalue weighted by Gasteiger charge is 2.52. The second-order valence-electron chi connectivity index (χ2n) is 8.13. The number of benzene rings is 2. The number of hydrogen-bond donors (Lipinski definition) is 1. The Morgan fingerprint density at radius 1 is 0.875 bits per heavy atom. The van der Waals surface area contributed by atoms with Gasteiger partial charge in [0.2, 0.25) is 0 Å². The van der Waals surface area contributed by atoms with Crippen LogP contribution in [0.4, 0.5) is 5.69 Å². The van der Waals surface area contributed by atoms with E-state index >= 15 is 0 Å². The molecular weight excluding hydrogens is 290 g/mol. The SMILES string of the molecule is CNc1ccc(C2(c3ccc(C)c(C)c3)CC3CCC2C3)cc1C. The van der Waals surface area contributed by atoms with Gasteiger partial charge >= 0.3 is 0 Å². The highest BCUT2D eigenvalue weighted by molar-refractivity contribution is 5.55. The summed E-state index contributed by atoms with van der Waals surface area (Å²) in [5.74, 6) is 1.73. The second kappa shape index (κ2) is 5.65. The van der Waals surface area contributed by atoms with Gasteiger partial charge in [0.15, 0.2) is 0 Å². The molecule has 126 valence electrons. The quantitative estimate of drug-likeness (QED) is 0.758. The van der Waals surface area contributed by atoms with Gasteiger partial charge in [-0.15, -0.1) is 0 Å². The number of aryl methyl sites for hydroxylation is 3. The third-order valence-electron chi connectivity index (χ3n) is 6.88. The molecule has 4 rings (SSSR count). The molecule has 2 aromatic carbocycles. The minimum absolute atomic E-state index is 0.235. The molecule has 2 aliphatic carbocycles. The van der Waals surface area contributed by atoms with Crippen LogP contribution < -0.4 is 5.32 Å². The lowest BCUT2D eigenvalue weighted by Crippen LogP contribution is -2.34. The summed E-state index contributed by atoms with van der Waals surface area (Å²) in [5, 5.41) is 3.32. The Labute approximate surface area is 146 Å². The van der Waals surface area contributed by atoms with Crippen LogP contribution in [0.5, 0.6) is 0 Å².